The van der Waals surface area contributed by atoms with Gasteiger partial charge in [0.15, 0.2) is 0 Å². The van der Waals surface area contributed by atoms with Crippen LogP contribution in [0.1, 0.15) is 5.56 Å². The number of pyridine rings is 1. The lowest BCUT2D eigenvalue weighted by Crippen LogP contribution is -1.86. The van der Waals surface area contributed by atoms with Crippen LogP contribution in [0.4, 0.5) is 0 Å². The second kappa shape index (κ2) is 3.89. The lowest BCUT2D eigenvalue weighted by molar-refractivity contribution is 0.484. The summed E-state index contributed by atoms with van der Waals surface area (Å²) in [6, 6.07) is 12.0. The van der Waals surface area contributed by atoms with Gasteiger partial charge in [-0.1, -0.05) is 36.9 Å². The number of hydrogen-bond donors (Lipinski definition) is 1. The largest absolute Gasteiger partial charge is 0.413 e. The van der Waals surface area contributed by atoms with E-state index < -0.39 is 0 Å². The van der Waals surface area contributed by atoms with E-state index in [0.29, 0.717) is 10.9 Å². The van der Waals surface area contributed by atoms with E-state index in [9.17, 15) is 0 Å². The van der Waals surface area contributed by atoms with Crippen molar-refractivity contribution in [3.63, 3.8) is 0 Å². The van der Waals surface area contributed by atoms with Crippen molar-refractivity contribution in [2.24, 2.45) is 0 Å². The Morgan fingerprint density at radius 1 is 1.06 bits per heavy atom. The van der Waals surface area contributed by atoms with Gasteiger partial charge in [0.25, 0.3) is 5.22 Å². The highest BCUT2D eigenvalue weighted by atomic mass is 32.1. The standard InChI is InChI=1S/C13H10N2OS/c1-8-4-2-3-5-9(8)10-6-7-11-12(14-10)16-13(17)15-11/h2-7H,1H3,(H,15,17). The normalized spacial score (nSPS) is 10.9. The fraction of sp³-hybridized carbons (Fsp3) is 0.0769. The molecule has 0 atom stereocenters. The monoisotopic (exact) mass is 242 g/mol. The second-order valence-corrected chi connectivity index (χ2v) is 4.21. The van der Waals surface area contributed by atoms with Crippen molar-refractivity contribution < 1.29 is 4.42 Å². The summed E-state index contributed by atoms with van der Waals surface area (Å²) in [5, 5.41) is 0.342. The minimum atomic E-state index is 0.342. The maximum Gasteiger partial charge on any atom is 0.255 e. The minimum Gasteiger partial charge on any atom is -0.413 e. The molecule has 0 aliphatic rings. The van der Waals surface area contributed by atoms with Crippen LogP contribution in [0.5, 0.6) is 0 Å². The first-order valence-corrected chi connectivity index (χ1v) is 5.71. The Hall–Kier alpha value is -1.81. The molecule has 1 aromatic carbocycles. The highest BCUT2D eigenvalue weighted by Gasteiger charge is 2.07. The SMILES string of the molecule is Cc1ccccc1-c1ccc2nc(S)oc2n1. The van der Waals surface area contributed by atoms with Gasteiger partial charge in [0.05, 0.1) is 5.69 Å². The molecule has 0 amide bonds. The molecule has 0 aliphatic carbocycles. The Morgan fingerprint density at radius 3 is 2.71 bits per heavy atom. The van der Waals surface area contributed by atoms with E-state index in [-0.39, 0.29) is 0 Å². The molecule has 2 aromatic heterocycles. The molecular formula is C13H10N2OS. The number of benzene rings is 1. The Balaban J connectivity index is 2.21. The molecule has 0 radical (unpaired) electrons. The Morgan fingerprint density at radius 2 is 1.88 bits per heavy atom. The summed E-state index contributed by atoms with van der Waals surface area (Å²) in [5.41, 5.74) is 4.43. The molecule has 0 unspecified atom stereocenters. The third-order valence-corrected chi connectivity index (χ3v) is 2.86. The van der Waals surface area contributed by atoms with Crippen LogP contribution < -0.4 is 0 Å². The van der Waals surface area contributed by atoms with Gasteiger partial charge in [-0.25, -0.2) is 9.97 Å². The fourth-order valence-electron chi connectivity index (χ4n) is 1.82. The summed E-state index contributed by atoms with van der Waals surface area (Å²) in [7, 11) is 0. The van der Waals surface area contributed by atoms with Crippen LogP contribution in [0.3, 0.4) is 0 Å². The van der Waals surface area contributed by atoms with Gasteiger partial charge >= 0.3 is 0 Å². The average Bonchev–Trinajstić information content (AvgIpc) is 2.68. The van der Waals surface area contributed by atoms with Crippen molar-refractivity contribution in [1.82, 2.24) is 9.97 Å². The van der Waals surface area contributed by atoms with Gasteiger partial charge in [0.2, 0.25) is 5.71 Å². The average molecular weight is 242 g/mol. The smallest absolute Gasteiger partial charge is 0.255 e. The van der Waals surface area contributed by atoms with Crippen LogP contribution in [0.25, 0.3) is 22.5 Å². The van der Waals surface area contributed by atoms with Crippen LogP contribution >= 0.6 is 12.6 Å². The number of rotatable bonds is 1. The van der Waals surface area contributed by atoms with Gasteiger partial charge < -0.3 is 4.42 Å². The number of aryl methyl sites for hydroxylation is 1. The second-order valence-electron chi connectivity index (χ2n) is 3.83. The molecule has 0 aliphatic heterocycles. The van der Waals surface area contributed by atoms with Gasteiger partial charge in [-0.2, -0.15) is 0 Å². The van der Waals surface area contributed by atoms with Crippen LogP contribution in [0.2, 0.25) is 0 Å². The van der Waals surface area contributed by atoms with E-state index in [1.54, 1.807) is 0 Å². The number of aromatic nitrogens is 2. The molecule has 3 rings (SSSR count). The van der Waals surface area contributed by atoms with E-state index in [1.807, 2.05) is 30.3 Å². The molecule has 84 valence electrons. The maximum atomic E-state index is 5.31. The predicted octanol–water partition coefficient (Wildman–Crippen LogP) is 3.49. The molecule has 3 nitrogen and oxygen atoms in total. The molecule has 0 saturated heterocycles. The van der Waals surface area contributed by atoms with Gasteiger partial charge in [-0.3, -0.25) is 0 Å². The van der Waals surface area contributed by atoms with Gasteiger partial charge in [-0.15, -0.1) is 0 Å². The van der Waals surface area contributed by atoms with Crippen molar-refractivity contribution in [2.75, 3.05) is 0 Å². The highest BCUT2D eigenvalue weighted by molar-refractivity contribution is 7.80. The molecule has 2 heterocycles. The third-order valence-electron chi connectivity index (χ3n) is 2.67. The van der Waals surface area contributed by atoms with Crippen LogP contribution in [-0.2, 0) is 0 Å². The molecule has 17 heavy (non-hydrogen) atoms. The number of hydrogen-bond acceptors (Lipinski definition) is 4. The molecular weight excluding hydrogens is 232 g/mol. The van der Waals surface area contributed by atoms with Gasteiger partial charge in [-0.05, 0) is 24.6 Å². The number of oxazole rings is 1. The van der Waals surface area contributed by atoms with Crippen LogP contribution in [0, 0.1) is 6.92 Å². The van der Waals surface area contributed by atoms with Crippen molar-refractivity contribution >= 4 is 23.9 Å². The number of fused-ring (bicyclic) bond motifs is 1. The Bertz CT molecular complexity index is 691. The van der Waals surface area contributed by atoms with Crippen molar-refractivity contribution in [3.05, 3.63) is 42.0 Å². The summed E-state index contributed by atoms with van der Waals surface area (Å²) in [6.07, 6.45) is 0. The van der Waals surface area contributed by atoms with E-state index >= 15 is 0 Å². The summed E-state index contributed by atoms with van der Waals surface area (Å²) < 4.78 is 5.31. The van der Waals surface area contributed by atoms with Crippen LogP contribution in [0.15, 0.2) is 46.0 Å². The molecule has 0 saturated carbocycles. The fourth-order valence-corrected chi connectivity index (χ4v) is 2.01. The summed E-state index contributed by atoms with van der Waals surface area (Å²) in [4.78, 5) is 8.55. The first-order valence-electron chi connectivity index (χ1n) is 5.26. The Kier molecular flexibility index (Phi) is 2.37. The molecule has 0 bridgehead atoms. The van der Waals surface area contributed by atoms with Crippen molar-refractivity contribution in [3.8, 4) is 11.3 Å². The predicted molar refractivity (Wildman–Crippen MR) is 69.2 cm³/mol. The van der Waals surface area contributed by atoms with E-state index in [2.05, 4.69) is 35.6 Å². The third kappa shape index (κ3) is 1.80. The molecule has 0 spiro atoms. The van der Waals surface area contributed by atoms with Crippen molar-refractivity contribution in [1.29, 1.82) is 0 Å². The lowest BCUT2D eigenvalue weighted by atomic mass is 10.1. The zero-order valence-corrected chi connectivity index (χ0v) is 10.1. The van der Waals surface area contributed by atoms with Crippen molar-refractivity contribution in [2.45, 2.75) is 12.1 Å². The summed E-state index contributed by atoms with van der Waals surface area (Å²) in [6.45, 7) is 2.06. The highest BCUT2D eigenvalue weighted by Crippen LogP contribution is 2.24. The summed E-state index contributed by atoms with van der Waals surface area (Å²) >= 11 is 4.07. The zero-order chi connectivity index (χ0) is 11.8. The van der Waals surface area contributed by atoms with E-state index in [1.165, 1.54) is 5.56 Å². The van der Waals surface area contributed by atoms with Gasteiger partial charge in [0.1, 0.15) is 5.52 Å². The van der Waals surface area contributed by atoms with Gasteiger partial charge in [0, 0.05) is 5.56 Å². The molecule has 3 aromatic rings. The zero-order valence-electron chi connectivity index (χ0n) is 9.21. The molecule has 0 fully saturated rings. The minimum absolute atomic E-state index is 0.342. The van der Waals surface area contributed by atoms with E-state index in [4.69, 9.17) is 4.42 Å². The maximum absolute atomic E-state index is 5.31. The summed E-state index contributed by atoms with van der Waals surface area (Å²) in [5.74, 6) is 0. The first kappa shape index (κ1) is 10.4. The number of nitrogens with zero attached hydrogens (tertiary/aromatic N) is 2. The topological polar surface area (TPSA) is 38.9 Å². The first-order chi connectivity index (χ1) is 8.24. The Labute approximate surface area is 104 Å². The molecule has 4 heteroatoms. The van der Waals surface area contributed by atoms with Crippen LogP contribution in [-0.4, -0.2) is 9.97 Å². The van der Waals surface area contributed by atoms with E-state index in [0.717, 1.165) is 16.8 Å². The quantitative estimate of drug-likeness (QED) is 0.664. The lowest BCUT2D eigenvalue weighted by Gasteiger charge is -2.03. The molecule has 0 N–H and O–H groups in total. The number of thiol groups is 1.